The molecule has 2 rings (SSSR count). The van der Waals surface area contributed by atoms with Crippen LogP contribution in [0.1, 0.15) is 6.42 Å². The Hall–Kier alpha value is -1.45. The van der Waals surface area contributed by atoms with E-state index in [1.807, 2.05) is 0 Å². The second-order valence-electron chi connectivity index (χ2n) is 4.56. The van der Waals surface area contributed by atoms with Crippen molar-refractivity contribution in [3.8, 4) is 0 Å². The second-order valence-corrected chi connectivity index (χ2v) is 6.46. The van der Waals surface area contributed by atoms with E-state index in [9.17, 15) is 23.1 Å². The Bertz CT molecular complexity index is 718. The zero-order valence-electron chi connectivity index (χ0n) is 10.6. The van der Waals surface area contributed by atoms with Crippen LogP contribution >= 0.6 is 0 Å². The SMILES string of the molecule is Cn1cc(S(=O)(=O)N2CC[C@@H](O)C2)c(=O)n(C)c1=O. The van der Waals surface area contributed by atoms with Crippen molar-refractivity contribution in [2.45, 2.75) is 17.4 Å². The molecule has 2 heterocycles. The standard InChI is InChI=1S/C10H15N3O5S/c1-11-6-8(9(15)12(2)10(11)16)19(17,18)13-4-3-7(14)5-13/h6-7,14H,3-5H2,1-2H3/t7-/m1/s1. The molecule has 0 unspecified atom stereocenters. The molecule has 106 valence electrons. The first-order chi connectivity index (χ1) is 8.75. The summed E-state index contributed by atoms with van der Waals surface area (Å²) in [5.41, 5.74) is -1.45. The molecule has 0 bridgehead atoms. The van der Waals surface area contributed by atoms with Gasteiger partial charge in [0.2, 0.25) is 10.0 Å². The molecular weight excluding hydrogens is 274 g/mol. The molecule has 1 aromatic heterocycles. The van der Waals surface area contributed by atoms with Gasteiger partial charge in [-0.1, -0.05) is 0 Å². The van der Waals surface area contributed by atoms with Gasteiger partial charge in [0.25, 0.3) is 5.56 Å². The Morgan fingerprint density at radius 3 is 2.47 bits per heavy atom. The van der Waals surface area contributed by atoms with Crippen molar-refractivity contribution in [2.75, 3.05) is 13.1 Å². The molecule has 0 radical (unpaired) electrons. The minimum absolute atomic E-state index is 0.0334. The fourth-order valence-electron chi connectivity index (χ4n) is 2.02. The molecule has 1 atom stereocenters. The van der Waals surface area contributed by atoms with Crippen LogP contribution in [0.5, 0.6) is 0 Å². The highest BCUT2D eigenvalue weighted by Gasteiger charge is 2.34. The van der Waals surface area contributed by atoms with E-state index in [1.54, 1.807) is 0 Å². The number of aromatic nitrogens is 2. The third-order valence-corrected chi connectivity index (χ3v) is 5.01. The average molecular weight is 289 g/mol. The highest BCUT2D eigenvalue weighted by atomic mass is 32.2. The first kappa shape index (κ1) is 14.0. The summed E-state index contributed by atoms with van der Waals surface area (Å²) in [6.07, 6.45) is 0.641. The van der Waals surface area contributed by atoms with Gasteiger partial charge in [-0.25, -0.2) is 13.2 Å². The highest BCUT2D eigenvalue weighted by molar-refractivity contribution is 7.89. The van der Waals surface area contributed by atoms with Gasteiger partial charge >= 0.3 is 5.69 Å². The van der Waals surface area contributed by atoms with E-state index in [4.69, 9.17) is 0 Å². The predicted octanol–water partition coefficient (Wildman–Crippen LogP) is -2.16. The normalized spacial score (nSPS) is 20.9. The quantitative estimate of drug-likeness (QED) is 0.668. The number of nitrogens with zero attached hydrogens (tertiary/aromatic N) is 3. The lowest BCUT2D eigenvalue weighted by molar-refractivity contribution is 0.189. The van der Waals surface area contributed by atoms with Gasteiger partial charge in [0, 0.05) is 33.4 Å². The fourth-order valence-corrected chi connectivity index (χ4v) is 3.66. The molecule has 0 aliphatic carbocycles. The van der Waals surface area contributed by atoms with Crippen LogP contribution in [0, 0.1) is 0 Å². The summed E-state index contributed by atoms with van der Waals surface area (Å²) in [6, 6.07) is 0. The Kier molecular flexibility index (Phi) is 3.37. The number of aryl methyl sites for hydroxylation is 1. The minimum atomic E-state index is -3.98. The van der Waals surface area contributed by atoms with Crippen molar-refractivity contribution >= 4 is 10.0 Å². The van der Waals surface area contributed by atoms with Crippen molar-refractivity contribution in [3.63, 3.8) is 0 Å². The highest BCUT2D eigenvalue weighted by Crippen LogP contribution is 2.18. The molecule has 0 aromatic carbocycles. The number of hydrogen-bond donors (Lipinski definition) is 1. The monoisotopic (exact) mass is 289 g/mol. The van der Waals surface area contributed by atoms with E-state index in [-0.39, 0.29) is 13.1 Å². The van der Waals surface area contributed by atoms with E-state index < -0.39 is 32.3 Å². The van der Waals surface area contributed by atoms with Gasteiger partial charge < -0.3 is 9.67 Å². The molecule has 9 heteroatoms. The molecule has 8 nitrogen and oxygen atoms in total. The van der Waals surface area contributed by atoms with Gasteiger partial charge in [-0.2, -0.15) is 4.31 Å². The van der Waals surface area contributed by atoms with Crippen molar-refractivity contribution in [3.05, 3.63) is 27.0 Å². The van der Waals surface area contributed by atoms with Gasteiger partial charge in [-0.3, -0.25) is 9.36 Å². The molecule has 1 aliphatic heterocycles. The van der Waals surface area contributed by atoms with E-state index in [0.717, 1.165) is 19.6 Å². The topological polar surface area (TPSA) is 102 Å². The maximum absolute atomic E-state index is 12.3. The average Bonchev–Trinajstić information content (AvgIpc) is 2.78. The largest absolute Gasteiger partial charge is 0.392 e. The van der Waals surface area contributed by atoms with Gasteiger partial charge in [0.1, 0.15) is 0 Å². The number of hydrogen-bond acceptors (Lipinski definition) is 5. The summed E-state index contributed by atoms with van der Waals surface area (Å²) in [4.78, 5) is 23.0. The molecule has 1 fully saturated rings. The van der Waals surface area contributed by atoms with Gasteiger partial charge in [-0.15, -0.1) is 0 Å². The number of aliphatic hydroxyl groups excluding tert-OH is 1. The maximum Gasteiger partial charge on any atom is 0.330 e. The van der Waals surface area contributed by atoms with Crippen LogP contribution in [0.15, 0.2) is 20.7 Å². The van der Waals surface area contributed by atoms with Crippen LogP contribution in [-0.2, 0) is 24.1 Å². The summed E-state index contributed by atoms with van der Waals surface area (Å²) in [6.45, 7) is 0.129. The van der Waals surface area contributed by atoms with Gasteiger partial charge in [0.05, 0.1) is 6.10 Å². The maximum atomic E-state index is 12.3. The van der Waals surface area contributed by atoms with Gasteiger partial charge in [0.15, 0.2) is 4.90 Å². The van der Waals surface area contributed by atoms with Crippen molar-refractivity contribution < 1.29 is 13.5 Å². The summed E-state index contributed by atoms with van der Waals surface area (Å²) in [7, 11) is -1.38. The lowest BCUT2D eigenvalue weighted by Crippen LogP contribution is -2.42. The molecule has 1 saturated heterocycles. The smallest absolute Gasteiger partial charge is 0.330 e. The van der Waals surface area contributed by atoms with Crippen LogP contribution in [0.3, 0.4) is 0 Å². The van der Waals surface area contributed by atoms with Crippen LogP contribution in [0.4, 0.5) is 0 Å². The molecule has 0 amide bonds. The summed E-state index contributed by atoms with van der Waals surface area (Å²) in [5.74, 6) is 0. The molecule has 1 N–H and O–H groups in total. The predicted molar refractivity (Wildman–Crippen MR) is 66.3 cm³/mol. The Morgan fingerprint density at radius 2 is 1.95 bits per heavy atom. The molecular formula is C10H15N3O5S. The second kappa shape index (κ2) is 4.58. The third-order valence-electron chi connectivity index (χ3n) is 3.16. The van der Waals surface area contributed by atoms with Crippen LogP contribution < -0.4 is 11.2 Å². The number of β-amino-alcohol motifs (C(OH)–C–C–N with tert-alkyl or cyclic N) is 1. The van der Waals surface area contributed by atoms with Crippen LogP contribution in [0.2, 0.25) is 0 Å². The first-order valence-corrected chi connectivity index (χ1v) is 7.14. The minimum Gasteiger partial charge on any atom is -0.392 e. The lowest BCUT2D eigenvalue weighted by Gasteiger charge is -2.16. The Balaban J connectivity index is 2.60. The molecule has 0 spiro atoms. The fraction of sp³-hybridized carbons (Fsp3) is 0.600. The number of sulfonamides is 1. The van der Waals surface area contributed by atoms with E-state index in [0.29, 0.717) is 6.42 Å². The van der Waals surface area contributed by atoms with E-state index >= 15 is 0 Å². The molecule has 19 heavy (non-hydrogen) atoms. The van der Waals surface area contributed by atoms with E-state index in [1.165, 1.54) is 14.1 Å². The summed E-state index contributed by atoms with van der Waals surface area (Å²) in [5, 5.41) is 9.39. The molecule has 1 aromatic rings. The lowest BCUT2D eigenvalue weighted by atomic mass is 10.3. The summed E-state index contributed by atoms with van der Waals surface area (Å²) < 4.78 is 27.5. The number of rotatable bonds is 2. The molecule has 1 aliphatic rings. The zero-order valence-corrected chi connectivity index (χ0v) is 11.4. The third kappa shape index (κ3) is 2.24. The van der Waals surface area contributed by atoms with E-state index in [2.05, 4.69) is 0 Å². The summed E-state index contributed by atoms with van der Waals surface area (Å²) >= 11 is 0. The Morgan fingerprint density at radius 1 is 1.32 bits per heavy atom. The van der Waals surface area contributed by atoms with Crippen molar-refractivity contribution in [2.24, 2.45) is 14.1 Å². The van der Waals surface area contributed by atoms with Crippen LogP contribution in [0.25, 0.3) is 0 Å². The van der Waals surface area contributed by atoms with Gasteiger partial charge in [-0.05, 0) is 6.42 Å². The van der Waals surface area contributed by atoms with Crippen LogP contribution in [-0.4, -0.2) is 46.2 Å². The van der Waals surface area contributed by atoms with Crippen molar-refractivity contribution in [1.82, 2.24) is 13.4 Å². The zero-order chi connectivity index (χ0) is 14.4. The van der Waals surface area contributed by atoms with Crippen molar-refractivity contribution in [1.29, 1.82) is 0 Å². The number of aliphatic hydroxyl groups is 1. The Labute approximate surface area is 109 Å². The molecule has 0 saturated carbocycles. The first-order valence-electron chi connectivity index (χ1n) is 5.70.